The highest BCUT2D eigenvalue weighted by Gasteiger charge is 2.17. The van der Waals surface area contributed by atoms with E-state index in [4.69, 9.17) is 0 Å². The maximum absolute atomic E-state index is 9.83. The van der Waals surface area contributed by atoms with E-state index in [-0.39, 0.29) is 0 Å². The molecule has 1 aromatic rings. The van der Waals surface area contributed by atoms with Crippen molar-refractivity contribution in [2.24, 2.45) is 0 Å². The number of aliphatic hydroxyl groups is 2. The van der Waals surface area contributed by atoms with Crippen molar-refractivity contribution < 1.29 is 10.2 Å². The molecule has 0 fully saturated rings. The van der Waals surface area contributed by atoms with E-state index in [2.05, 4.69) is 25.3 Å². The molecule has 2 unspecified atom stereocenters. The Balaban J connectivity index is 2.76. The molecule has 2 N–H and O–H groups in total. The fourth-order valence-electron chi connectivity index (χ4n) is 1.39. The van der Waals surface area contributed by atoms with Gasteiger partial charge in [0.15, 0.2) is 0 Å². The van der Waals surface area contributed by atoms with E-state index in [1.54, 1.807) is 6.07 Å². The SMILES string of the molecule is OC(CCS)C(O)c1cccc(CS)c1. The van der Waals surface area contributed by atoms with E-state index >= 15 is 0 Å². The topological polar surface area (TPSA) is 40.5 Å². The molecular formula is C11H16O2S2. The van der Waals surface area contributed by atoms with Crippen LogP contribution in [0, 0.1) is 0 Å². The summed E-state index contributed by atoms with van der Waals surface area (Å²) >= 11 is 8.18. The van der Waals surface area contributed by atoms with Crippen molar-refractivity contribution in [1.82, 2.24) is 0 Å². The van der Waals surface area contributed by atoms with Crippen LogP contribution in [-0.4, -0.2) is 22.1 Å². The lowest BCUT2D eigenvalue weighted by atomic mass is 10.0. The lowest BCUT2D eigenvalue weighted by molar-refractivity contribution is 0.0172. The van der Waals surface area contributed by atoms with Crippen molar-refractivity contribution >= 4 is 25.3 Å². The number of hydrogen-bond donors (Lipinski definition) is 4. The fourth-order valence-corrected chi connectivity index (χ4v) is 1.85. The minimum atomic E-state index is -0.836. The zero-order valence-electron chi connectivity index (χ0n) is 8.37. The molecule has 84 valence electrons. The van der Waals surface area contributed by atoms with E-state index < -0.39 is 12.2 Å². The Morgan fingerprint density at radius 3 is 2.53 bits per heavy atom. The lowest BCUT2D eigenvalue weighted by Crippen LogP contribution is -2.18. The molecule has 0 heterocycles. The fraction of sp³-hybridized carbons (Fsp3) is 0.455. The summed E-state index contributed by atoms with van der Waals surface area (Å²) in [6.45, 7) is 0. The predicted molar refractivity (Wildman–Crippen MR) is 68.6 cm³/mol. The van der Waals surface area contributed by atoms with Gasteiger partial charge in [0.1, 0.15) is 6.10 Å². The van der Waals surface area contributed by atoms with Crippen molar-refractivity contribution in [3.05, 3.63) is 35.4 Å². The predicted octanol–water partition coefficient (Wildman–Crippen LogP) is 1.83. The third kappa shape index (κ3) is 3.72. The number of rotatable bonds is 5. The summed E-state index contributed by atoms with van der Waals surface area (Å²) in [6.07, 6.45) is -1.11. The molecule has 0 aliphatic heterocycles. The van der Waals surface area contributed by atoms with Crippen LogP contribution in [0.5, 0.6) is 0 Å². The summed E-state index contributed by atoms with van der Waals surface area (Å²) in [6, 6.07) is 7.46. The number of benzene rings is 1. The van der Waals surface area contributed by atoms with Gasteiger partial charge in [-0.15, -0.1) is 0 Å². The van der Waals surface area contributed by atoms with Crippen LogP contribution in [0.15, 0.2) is 24.3 Å². The third-order valence-corrected chi connectivity index (χ3v) is 2.89. The molecule has 0 saturated carbocycles. The van der Waals surface area contributed by atoms with Crippen LogP contribution in [0.4, 0.5) is 0 Å². The molecule has 15 heavy (non-hydrogen) atoms. The van der Waals surface area contributed by atoms with Gasteiger partial charge in [-0.1, -0.05) is 24.3 Å². The maximum Gasteiger partial charge on any atom is 0.105 e. The van der Waals surface area contributed by atoms with Crippen molar-refractivity contribution in [2.75, 3.05) is 5.75 Å². The highest BCUT2D eigenvalue weighted by molar-refractivity contribution is 7.80. The van der Waals surface area contributed by atoms with Crippen LogP contribution < -0.4 is 0 Å². The lowest BCUT2D eigenvalue weighted by Gasteiger charge is -2.17. The molecule has 0 aromatic heterocycles. The first-order chi connectivity index (χ1) is 7.19. The molecule has 4 heteroatoms. The molecule has 0 aliphatic rings. The standard InChI is InChI=1S/C11H16O2S2/c12-10(4-5-14)11(13)9-3-1-2-8(6-9)7-15/h1-3,6,10-15H,4-5,7H2. The Kier molecular flexibility index (Phi) is 5.53. The van der Waals surface area contributed by atoms with Crippen LogP contribution in [0.2, 0.25) is 0 Å². The number of hydrogen-bond acceptors (Lipinski definition) is 4. The molecular weight excluding hydrogens is 228 g/mol. The van der Waals surface area contributed by atoms with E-state index in [1.165, 1.54) is 0 Å². The summed E-state index contributed by atoms with van der Waals surface area (Å²) < 4.78 is 0. The van der Waals surface area contributed by atoms with Gasteiger partial charge in [0, 0.05) is 5.75 Å². The summed E-state index contributed by atoms with van der Waals surface area (Å²) in [4.78, 5) is 0. The largest absolute Gasteiger partial charge is 0.390 e. The van der Waals surface area contributed by atoms with Gasteiger partial charge in [-0.3, -0.25) is 0 Å². The second kappa shape index (κ2) is 6.43. The smallest absolute Gasteiger partial charge is 0.105 e. The Morgan fingerprint density at radius 2 is 1.93 bits per heavy atom. The molecule has 0 spiro atoms. The Hall–Kier alpha value is -0.160. The summed E-state index contributed by atoms with van der Waals surface area (Å²) in [5.74, 6) is 1.19. The highest BCUT2D eigenvalue weighted by atomic mass is 32.1. The summed E-state index contributed by atoms with van der Waals surface area (Å²) in [7, 11) is 0. The van der Waals surface area contributed by atoms with E-state index in [9.17, 15) is 10.2 Å². The van der Waals surface area contributed by atoms with Gasteiger partial charge >= 0.3 is 0 Å². The van der Waals surface area contributed by atoms with E-state index in [0.717, 1.165) is 11.1 Å². The van der Waals surface area contributed by atoms with Gasteiger partial charge in [0.2, 0.25) is 0 Å². The molecule has 0 amide bonds. The molecule has 2 nitrogen and oxygen atoms in total. The first kappa shape index (κ1) is 12.9. The third-order valence-electron chi connectivity index (χ3n) is 2.26. The van der Waals surface area contributed by atoms with E-state index in [0.29, 0.717) is 17.9 Å². The van der Waals surface area contributed by atoms with Crippen molar-refractivity contribution in [1.29, 1.82) is 0 Å². The molecule has 0 bridgehead atoms. The van der Waals surface area contributed by atoms with Gasteiger partial charge in [0.25, 0.3) is 0 Å². The average Bonchev–Trinajstić information content (AvgIpc) is 2.28. The minimum Gasteiger partial charge on any atom is -0.390 e. The van der Waals surface area contributed by atoms with Crippen LogP contribution in [-0.2, 0) is 5.75 Å². The zero-order chi connectivity index (χ0) is 11.3. The van der Waals surface area contributed by atoms with Gasteiger partial charge in [-0.05, 0) is 23.3 Å². The molecule has 1 rings (SSSR count). The molecule has 0 radical (unpaired) electrons. The zero-order valence-corrected chi connectivity index (χ0v) is 10.2. The second-order valence-electron chi connectivity index (χ2n) is 3.43. The monoisotopic (exact) mass is 244 g/mol. The van der Waals surface area contributed by atoms with Crippen LogP contribution in [0.25, 0.3) is 0 Å². The molecule has 1 aromatic carbocycles. The molecule has 2 atom stereocenters. The Bertz CT molecular complexity index is 304. The molecule has 0 aliphatic carbocycles. The number of aliphatic hydroxyl groups excluding tert-OH is 2. The van der Waals surface area contributed by atoms with Crippen LogP contribution >= 0.6 is 25.3 Å². The Labute approximate surface area is 101 Å². The van der Waals surface area contributed by atoms with Gasteiger partial charge in [0.05, 0.1) is 6.10 Å². The Morgan fingerprint density at radius 1 is 1.20 bits per heavy atom. The minimum absolute atomic E-state index is 0.482. The van der Waals surface area contributed by atoms with Crippen LogP contribution in [0.1, 0.15) is 23.7 Å². The molecule has 0 saturated heterocycles. The quantitative estimate of drug-likeness (QED) is 0.597. The summed E-state index contributed by atoms with van der Waals surface area (Å²) in [5, 5.41) is 19.4. The summed E-state index contributed by atoms with van der Waals surface area (Å²) in [5.41, 5.74) is 1.77. The van der Waals surface area contributed by atoms with Crippen LogP contribution in [0.3, 0.4) is 0 Å². The average molecular weight is 244 g/mol. The van der Waals surface area contributed by atoms with Gasteiger partial charge in [-0.25, -0.2) is 0 Å². The first-order valence-electron chi connectivity index (χ1n) is 4.85. The number of thiol groups is 2. The van der Waals surface area contributed by atoms with E-state index in [1.807, 2.05) is 18.2 Å². The van der Waals surface area contributed by atoms with Gasteiger partial charge in [-0.2, -0.15) is 25.3 Å². The van der Waals surface area contributed by atoms with Gasteiger partial charge < -0.3 is 10.2 Å². The normalized spacial score (nSPS) is 14.9. The van der Waals surface area contributed by atoms with Crippen molar-refractivity contribution in [2.45, 2.75) is 24.4 Å². The first-order valence-corrected chi connectivity index (χ1v) is 6.12. The highest BCUT2D eigenvalue weighted by Crippen LogP contribution is 2.20. The van der Waals surface area contributed by atoms with Crippen molar-refractivity contribution in [3.8, 4) is 0 Å². The maximum atomic E-state index is 9.83. The van der Waals surface area contributed by atoms with Crippen molar-refractivity contribution in [3.63, 3.8) is 0 Å². The second-order valence-corrected chi connectivity index (χ2v) is 4.19.